The van der Waals surface area contributed by atoms with Gasteiger partial charge >= 0.3 is 11.9 Å². The van der Waals surface area contributed by atoms with Crippen molar-refractivity contribution in [1.82, 2.24) is 0 Å². The summed E-state index contributed by atoms with van der Waals surface area (Å²) in [5, 5.41) is 17.4. The van der Waals surface area contributed by atoms with Crippen LogP contribution in [0.2, 0.25) is 0 Å². The molecule has 110 valence electrons. The monoisotopic (exact) mass is 280 g/mol. The number of benzene rings is 1. The van der Waals surface area contributed by atoms with Crippen molar-refractivity contribution in [3.8, 4) is 0 Å². The molecule has 0 bridgehead atoms. The first-order chi connectivity index (χ1) is 9.65. The molecule has 1 aromatic rings. The molecule has 1 aromatic carbocycles. The van der Waals surface area contributed by atoms with Crippen molar-refractivity contribution in [2.45, 2.75) is 32.1 Å². The van der Waals surface area contributed by atoms with E-state index in [9.17, 15) is 9.59 Å². The Morgan fingerprint density at radius 2 is 1.45 bits per heavy atom. The highest BCUT2D eigenvalue weighted by molar-refractivity contribution is 5.92. The van der Waals surface area contributed by atoms with Crippen LogP contribution in [0.25, 0.3) is 0 Å². The number of carbonyl (C=O) groups excluding carboxylic acids is 1. The third-order valence-electron chi connectivity index (χ3n) is 2.90. The lowest BCUT2D eigenvalue weighted by Gasteiger charge is -2.05. The molecule has 0 amide bonds. The van der Waals surface area contributed by atoms with Crippen LogP contribution in [0.15, 0.2) is 24.3 Å². The predicted octanol–water partition coefficient (Wildman–Crippen LogP) is 2.48. The van der Waals surface area contributed by atoms with Gasteiger partial charge in [0.2, 0.25) is 0 Å². The largest absolute Gasteiger partial charge is 0.478 e. The van der Waals surface area contributed by atoms with Gasteiger partial charge in [-0.2, -0.15) is 0 Å². The lowest BCUT2D eigenvalue weighted by molar-refractivity contribution is 0.0496. The van der Waals surface area contributed by atoms with Gasteiger partial charge in [-0.3, -0.25) is 0 Å². The van der Waals surface area contributed by atoms with Crippen molar-refractivity contribution in [3.05, 3.63) is 35.4 Å². The Morgan fingerprint density at radius 3 is 2.05 bits per heavy atom. The minimum atomic E-state index is -1.02. The fraction of sp³-hybridized carbons (Fsp3) is 0.467. The number of carboxylic acids is 1. The van der Waals surface area contributed by atoms with E-state index in [0.717, 1.165) is 32.1 Å². The fourth-order valence-corrected chi connectivity index (χ4v) is 1.74. The van der Waals surface area contributed by atoms with Gasteiger partial charge in [0, 0.05) is 6.61 Å². The van der Waals surface area contributed by atoms with Crippen LogP contribution in [-0.2, 0) is 4.74 Å². The summed E-state index contributed by atoms with van der Waals surface area (Å²) in [7, 11) is 0. The van der Waals surface area contributed by atoms with E-state index in [2.05, 4.69) is 0 Å². The van der Waals surface area contributed by atoms with Crippen molar-refractivity contribution in [2.75, 3.05) is 13.2 Å². The van der Waals surface area contributed by atoms with Crippen molar-refractivity contribution in [2.24, 2.45) is 0 Å². The number of carbonyl (C=O) groups is 2. The van der Waals surface area contributed by atoms with Crippen molar-refractivity contribution in [3.63, 3.8) is 0 Å². The van der Waals surface area contributed by atoms with Crippen molar-refractivity contribution < 1.29 is 24.5 Å². The Hall–Kier alpha value is -1.88. The Bertz CT molecular complexity index is 424. The van der Waals surface area contributed by atoms with Gasteiger partial charge in [-0.1, -0.05) is 19.3 Å². The Kier molecular flexibility index (Phi) is 7.35. The number of carboxylic acid groups (broad SMARTS) is 1. The summed E-state index contributed by atoms with van der Waals surface area (Å²) in [5.41, 5.74) is 0.501. The number of unbranched alkanes of at least 4 members (excludes halogenated alkanes) is 4. The second kappa shape index (κ2) is 9.09. The van der Waals surface area contributed by atoms with Crippen LogP contribution in [0.1, 0.15) is 52.8 Å². The summed E-state index contributed by atoms with van der Waals surface area (Å²) in [6.45, 7) is 0.583. The van der Waals surface area contributed by atoms with E-state index < -0.39 is 11.9 Å². The van der Waals surface area contributed by atoms with Gasteiger partial charge in [0.1, 0.15) is 0 Å². The normalized spacial score (nSPS) is 10.2. The lowest BCUT2D eigenvalue weighted by Crippen LogP contribution is -2.07. The number of hydrogen-bond donors (Lipinski definition) is 2. The van der Waals surface area contributed by atoms with E-state index in [1.165, 1.54) is 24.3 Å². The molecule has 0 aromatic heterocycles. The Balaban J connectivity index is 2.24. The van der Waals surface area contributed by atoms with Crippen LogP contribution in [-0.4, -0.2) is 35.4 Å². The number of aromatic carboxylic acids is 1. The van der Waals surface area contributed by atoms with Crippen LogP contribution in [0.4, 0.5) is 0 Å². The van der Waals surface area contributed by atoms with E-state index in [1.54, 1.807) is 0 Å². The van der Waals surface area contributed by atoms with Gasteiger partial charge in [-0.25, -0.2) is 9.59 Å². The first-order valence-electron chi connectivity index (χ1n) is 6.76. The van der Waals surface area contributed by atoms with Crippen LogP contribution < -0.4 is 0 Å². The maximum atomic E-state index is 11.7. The van der Waals surface area contributed by atoms with Gasteiger partial charge in [0.15, 0.2) is 0 Å². The number of aliphatic hydroxyl groups is 1. The standard InChI is InChI=1S/C15H20O5/c16-10-4-2-1-3-5-11-20-15(19)13-8-6-12(7-9-13)14(17)18/h6-9,16H,1-5,10-11H2,(H,17,18). The molecule has 0 saturated heterocycles. The molecule has 5 nitrogen and oxygen atoms in total. The minimum absolute atomic E-state index is 0.144. The maximum absolute atomic E-state index is 11.7. The summed E-state index contributed by atoms with van der Waals surface area (Å²) in [5.74, 6) is -1.45. The van der Waals surface area contributed by atoms with E-state index in [1.807, 2.05) is 0 Å². The molecule has 0 aliphatic rings. The zero-order valence-electron chi connectivity index (χ0n) is 11.4. The third kappa shape index (κ3) is 5.84. The topological polar surface area (TPSA) is 83.8 Å². The molecule has 0 saturated carbocycles. The first-order valence-corrected chi connectivity index (χ1v) is 6.76. The molecule has 0 atom stereocenters. The Morgan fingerprint density at radius 1 is 0.900 bits per heavy atom. The average Bonchev–Trinajstić information content (AvgIpc) is 2.46. The number of esters is 1. The van der Waals surface area contributed by atoms with Crippen LogP contribution in [0.5, 0.6) is 0 Å². The number of ether oxygens (including phenoxy) is 1. The minimum Gasteiger partial charge on any atom is -0.478 e. The number of hydrogen-bond acceptors (Lipinski definition) is 4. The molecular formula is C15H20O5. The van der Waals surface area contributed by atoms with E-state index in [4.69, 9.17) is 14.9 Å². The highest BCUT2D eigenvalue weighted by Gasteiger charge is 2.08. The molecule has 1 rings (SSSR count). The van der Waals surface area contributed by atoms with Gasteiger partial charge in [0.05, 0.1) is 17.7 Å². The van der Waals surface area contributed by atoms with Gasteiger partial charge in [-0.15, -0.1) is 0 Å². The molecule has 0 spiro atoms. The lowest BCUT2D eigenvalue weighted by atomic mass is 10.1. The molecular weight excluding hydrogens is 260 g/mol. The summed E-state index contributed by atoms with van der Waals surface area (Å²) in [6, 6.07) is 5.67. The molecule has 0 radical (unpaired) electrons. The third-order valence-corrected chi connectivity index (χ3v) is 2.90. The van der Waals surface area contributed by atoms with Crippen LogP contribution >= 0.6 is 0 Å². The van der Waals surface area contributed by atoms with E-state index in [-0.39, 0.29) is 12.2 Å². The number of rotatable bonds is 9. The zero-order valence-corrected chi connectivity index (χ0v) is 11.4. The zero-order chi connectivity index (χ0) is 14.8. The Labute approximate surface area is 118 Å². The average molecular weight is 280 g/mol. The summed E-state index contributed by atoms with van der Waals surface area (Å²) < 4.78 is 5.10. The highest BCUT2D eigenvalue weighted by Crippen LogP contribution is 2.07. The maximum Gasteiger partial charge on any atom is 0.338 e. The SMILES string of the molecule is O=C(O)c1ccc(C(=O)OCCCCCCCO)cc1. The van der Waals surface area contributed by atoms with E-state index in [0.29, 0.717) is 12.2 Å². The molecule has 0 heterocycles. The summed E-state index contributed by atoms with van der Waals surface area (Å²) in [6.07, 6.45) is 4.58. The summed E-state index contributed by atoms with van der Waals surface area (Å²) in [4.78, 5) is 22.3. The van der Waals surface area contributed by atoms with E-state index >= 15 is 0 Å². The van der Waals surface area contributed by atoms with Crippen molar-refractivity contribution >= 4 is 11.9 Å². The molecule has 20 heavy (non-hydrogen) atoms. The van der Waals surface area contributed by atoms with Gasteiger partial charge in [-0.05, 0) is 37.1 Å². The van der Waals surface area contributed by atoms with Crippen molar-refractivity contribution in [1.29, 1.82) is 0 Å². The molecule has 2 N–H and O–H groups in total. The second-order valence-electron chi connectivity index (χ2n) is 4.51. The van der Waals surface area contributed by atoms with Crippen LogP contribution in [0.3, 0.4) is 0 Å². The molecule has 0 aliphatic carbocycles. The summed E-state index contributed by atoms with van der Waals surface area (Å²) >= 11 is 0. The van der Waals surface area contributed by atoms with Gasteiger partial charge in [0.25, 0.3) is 0 Å². The highest BCUT2D eigenvalue weighted by atomic mass is 16.5. The van der Waals surface area contributed by atoms with Crippen LogP contribution in [0, 0.1) is 0 Å². The molecule has 0 aliphatic heterocycles. The smallest absolute Gasteiger partial charge is 0.338 e. The predicted molar refractivity (Wildman–Crippen MR) is 73.9 cm³/mol. The fourth-order valence-electron chi connectivity index (χ4n) is 1.74. The molecule has 0 unspecified atom stereocenters. The van der Waals surface area contributed by atoms with Gasteiger partial charge < -0.3 is 14.9 Å². The quantitative estimate of drug-likeness (QED) is 0.536. The first kappa shape index (κ1) is 16.2. The molecule has 5 heteroatoms. The number of aliphatic hydroxyl groups excluding tert-OH is 1. The molecule has 0 fully saturated rings. The second-order valence-corrected chi connectivity index (χ2v) is 4.51.